The quantitative estimate of drug-likeness (QED) is 0.299. The first-order valence-electron chi connectivity index (χ1n) is 12.4. The molecule has 3 aromatic rings. The molecule has 0 aromatic heterocycles. The molecule has 0 aliphatic carbocycles. The molecule has 0 unspecified atom stereocenters. The number of anilines is 2. The van der Waals surface area contributed by atoms with E-state index >= 15 is 0 Å². The highest BCUT2D eigenvalue weighted by atomic mass is 35.5. The van der Waals surface area contributed by atoms with Crippen LogP contribution in [0.25, 0.3) is 0 Å². The summed E-state index contributed by atoms with van der Waals surface area (Å²) in [6.07, 6.45) is 0. The van der Waals surface area contributed by atoms with E-state index in [1.165, 1.54) is 14.2 Å². The molecule has 3 amide bonds. The van der Waals surface area contributed by atoms with Crippen molar-refractivity contribution in [3.05, 3.63) is 83.4 Å². The maximum atomic E-state index is 13.2. The molecule has 0 radical (unpaired) electrons. The van der Waals surface area contributed by atoms with Gasteiger partial charge in [0.1, 0.15) is 11.5 Å². The molecule has 3 rings (SSSR count). The molecule has 208 valence electrons. The van der Waals surface area contributed by atoms with Gasteiger partial charge >= 0.3 is 0 Å². The molecular weight excluding hydrogens is 520 g/mol. The van der Waals surface area contributed by atoms with Gasteiger partial charge in [-0.3, -0.25) is 14.4 Å². The van der Waals surface area contributed by atoms with E-state index in [1.54, 1.807) is 66.7 Å². The normalized spacial score (nSPS) is 10.3. The lowest BCUT2D eigenvalue weighted by atomic mass is 10.1. The van der Waals surface area contributed by atoms with Crippen molar-refractivity contribution in [1.29, 1.82) is 0 Å². The van der Waals surface area contributed by atoms with Crippen LogP contribution in [-0.2, 0) is 0 Å². The Morgan fingerprint density at radius 3 is 1.79 bits per heavy atom. The standard InChI is InChI=1S/C29H34N4O5.ClH/c1-5-33(6-2)18-17-30-27(34)21-16-15-20(31-28(35)22-11-7-9-13-25(22)37-3)19-24(21)32-29(36)23-12-8-10-14-26(23)38-4;/h7-16,19H,5-6,17-18H2,1-4H3,(H,30,34)(H,31,35)(H,32,36);1H. The van der Waals surface area contributed by atoms with E-state index < -0.39 is 5.91 Å². The molecule has 0 heterocycles. The molecule has 0 atom stereocenters. The van der Waals surface area contributed by atoms with Gasteiger partial charge in [-0.1, -0.05) is 38.1 Å². The number of methoxy groups -OCH3 is 2. The number of rotatable bonds is 12. The lowest BCUT2D eigenvalue weighted by molar-refractivity contribution is 0.0949. The molecular formula is C29H35ClN4O5. The zero-order valence-electron chi connectivity index (χ0n) is 22.6. The molecule has 39 heavy (non-hydrogen) atoms. The highest BCUT2D eigenvalue weighted by Crippen LogP contribution is 2.26. The lowest BCUT2D eigenvalue weighted by Crippen LogP contribution is -2.35. The van der Waals surface area contributed by atoms with E-state index in [1.807, 2.05) is 0 Å². The average molecular weight is 555 g/mol. The molecule has 0 saturated heterocycles. The molecule has 3 aromatic carbocycles. The first kappa shape index (κ1) is 31.1. The van der Waals surface area contributed by atoms with Crippen molar-refractivity contribution in [1.82, 2.24) is 10.2 Å². The zero-order chi connectivity index (χ0) is 27.5. The molecule has 3 N–H and O–H groups in total. The molecule has 0 fully saturated rings. The summed E-state index contributed by atoms with van der Waals surface area (Å²) in [7, 11) is 2.97. The molecule has 0 saturated carbocycles. The predicted octanol–water partition coefficient (Wildman–Crippen LogP) is 4.70. The third-order valence-electron chi connectivity index (χ3n) is 6.08. The Kier molecular flexibility index (Phi) is 12.3. The van der Waals surface area contributed by atoms with Gasteiger partial charge in [0.15, 0.2) is 0 Å². The maximum absolute atomic E-state index is 13.2. The Hall–Kier alpha value is -4.08. The monoisotopic (exact) mass is 554 g/mol. The van der Waals surface area contributed by atoms with Gasteiger partial charge in [-0.15, -0.1) is 12.4 Å². The van der Waals surface area contributed by atoms with Gasteiger partial charge < -0.3 is 30.3 Å². The number of carbonyl (C=O) groups excluding carboxylic acids is 3. The number of likely N-dealkylation sites (N-methyl/N-ethyl adjacent to an activating group) is 1. The molecule has 9 nitrogen and oxygen atoms in total. The van der Waals surface area contributed by atoms with Crippen molar-refractivity contribution < 1.29 is 23.9 Å². The molecule has 0 spiro atoms. The summed E-state index contributed by atoms with van der Waals surface area (Å²) in [5.74, 6) is -0.349. The van der Waals surface area contributed by atoms with Gasteiger partial charge in [0.25, 0.3) is 17.7 Å². The van der Waals surface area contributed by atoms with Crippen LogP contribution < -0.4 is 25.4 Å². The summed E-state index contributed by atoms with van der Waals surface area (Å²) in [6.45, 7) is 7.05. The minimum atomic E-state index is -0.451. The highest BCUT2D eigenvalue weighted by molar-refractivity contribution is 6.11. The van der Waals surface area contributed by atoms with Crippen LogP contribution in [0.15, 0.2) is 66.7 Å². The van der Waals surface area contributed by atoms with Gasteiger partial charge in [0, 0.05) is 18.8 Å². The number of nitrogens with one attached hydrogen (secondary N) is 3. The van der Waals surface area contributed by atoms with E-state index in [-0.39, 0.29) is 35.5 Å². The van der Waals surface area contributed by atoms with Gasteiger partial charge in [-0.2, -0.15) is 0 Å². The number of hydrogen-bond acceptors (Lipinski definition) is 6. The summed E-state index contributed by atoms with van der Waals surface area (Å²) in [4.78, 5) is 41.4. The average Bonchev–Trinajstić information content (AvgIpc) is 2.95. The molecule has 0 bridgehead atoms. The number of ether oxygens (including phenoxy) is 2. The summed E-state index contributed by atoms with van der Waals surface area (Å²) in [6, 6.07) is 18.4. The Labute approximate surface area is 235 Å². The van der Waals surface area contributed by atoms with Crippen LogP contribution >= 0.6 is 12.4 Å². The van der Waals surface area contributed by atoms with Crippen LogP contribution in [0, 0.1) is 0 Å². The van der Waals surface area contributed by atoms with E-state index in [4.69, 9.17) is 9.47 Å². The van der Waals surface area contributed by atoms with Crippen molar-refractivity contribution in [2.24, 2.45) is 0 Å². The van der Waals surface area contributed by atoms with Gasteiger partial charge in [-0.25, -0.2) is 0 Å². The third-order valence-corrected chi connectivity index (χ3v) is 6.08. The second kappa shape index (κ2) is 15.4. The minimum Gasteiger partial charge on any atom is -0.496 e. The van der Waals surface area contributed by atoms with Gasteiger partial charge in [0.2, 0.25) is 0 Å². The fourth-order valence-electron chi connectivity index (χ4n) is 3.94. The Bertz CT molecular complexity index is 1280. The second-order valence-electron chi connectivity index (χ2n) is 8.35. The molecule has 10 heteroatoms. The number of halogens is 1. The second-order valence-corrected chi connectivity index (χ2v) is 8.35. The Balaban J connectivity index is 0.00000533. The van der Waals surface area contributed by atoms with Crippen molar-refractivity contribution in [3.63, 3.8) is 0 Å². The maximum Gasteiger partial charge on any atom is 0.259 e. The zero-order valence-corrected chi connectivity index (χ0v) is 23.4. The fraction of sp³-hybridized carbons (Fsp3) is 0.276. The first-order valence-corrected chi connectivity index (χ1v) is 12.4. The predicted molar refractivity (Wildman–Crippen MR) is 156 cm³/mol. The largest absolute Gasteiger partial charge is 0.496 e. The lowest BCUT2D eigenvalue weighted by Gasteiger charge is -2.19. The van der Waals surface area contributed by atoms with E-state index in [9.17, 15) is 14.4 Å². The van der Waals surface area contributed by atoms with Crippen LogP contribution in [0.5, 0.6) is 11.5 Å². The van der Waals surface area contributed by atoms with Crippen LogP contribution in [0.4, 0.5) is 11.4 Å². The van der Waals surface area contributed by atoms with E-state index in [0.29, 0.717) is 41.4 Å². The van der Waals surface area contributed by atoms with Crippen LogP contribution in [0.1, 0.15) is 44.9 Å². The van der Waals surface area contributed by atoms with E-state index in [0.717, 1.165) is 13.1 Å². The van der Waals surface area contributed by atoms with Gasteiger partial charge in [0.05, 0.1) is 36.6 Å². The topological polar surface area (TPSA) is 109 Å². The SMILES string of the molecule is CCN(CC)CCNC(=O)c1ccc(NC(=O)c2ccccc2OC)cc1NC(=O)c1ccccc1OC.Cl. The minimum absolute atomic E-state index is 0. The Morgan fingerprint density at radius 2 is 1.26 bits per heavy atom. The van der Waals surface area contributed by atoms with Crippen molar-refractivity contribution in [2.45, 2.75) is 13.8 Å². The number of benzene rings is 3. The highest BCUT2D eigenvalue weighted by Gasteiger charge is 2.19. The summed E-state index contributed by atoms with van der Waals surface area (Å²) >= 11 is 0. The van der Waals surface area contributed by atoms with E-state index in [2.05, 4.69) is 34.7 Å². The van der Waals surface area contributed by atoms with Gasteiger partial charge in [-0.05, 0) is 55.6 Å². The molecule has 0 aliphatic heterocycles. The number of carbonyl (C=O) groups is 3. The fourth-order valence-corrected chi connectivity index (χ4v) is 3.94. The summed E-state index contributed by atoms with van der Waals surface area (Å²) in [5.41, 5.74) is 1.58. The molecule has 0 aliphatic rings. The van der Waals surface area contributed by atoms with Crippen LogP contribution in [0.2, 0.25) is 0 Å². The number of nitrogens with zero attached hydrogens (tertiary/aromatic N) is 1. The Morgan fingerprint density at radius 1 is 0.718 bits per heavy atom. The van der Waals surface area contributed by atoms with Crippen molar-refractivity contribution >= 4 is 41.5 Å². The van der Waals surface area contributed by atoms with Crippen LogP contribution in [-0.4, -0.2) is 63.0 Å². The number of para-hydroxylation sites is 2. The summed E-state index contributed by atoms with van der Waals surface area (Å²) < 4.78 is 10.6. The third kappa shape index (κ3) is 8.20. The van der Waals surface area contributed by atoms with Crippen LogP contribution in [0.3, 0.4) is 0 Å². The number of amides is 3. The van der Waals surface area contributed by atoms with Crippen molar-refractivity contribution in [3.8, 4) is 11.5 Å². The summed E-state index contributed by atoms with van der Waals surface area (Å²) in [5, 5.41) is 8.54. The first-order chi connectivity index (χ1) is 18.4. The van der Waals surface area contributed by atoms with Crippen molar-refractivity contribution in [2.75, 3.05) is 51.0 Å². The number of hydrogen-bond donors (Lipinski definition) is 3. The smallest absolute Gasteiger partial charge is 0.259 e.